The van der Waals surface area contributed by atoms with Crippen LogP contribution in [0, 0.1) is 5.41 Å². The molecule has 0 amide bonds. The third kappa shape index (κ3) is 3.70. The first-order valence-corrected chi connectivity index (χ1v) is 10.5. The first kappa shape index (κ1) is 16.6. The number of sulfone groups is 1. The van der Waals surface area contributed by atoms with Crippen LogP contribution in [0.2, 0.25) is 0 Å². The fraction of sp³-hybridized carbons (Fsp3) is 1.00. The molecule has 4 nitrogen and oxygen atoms in total. The zero-order valence-electron chi connectivity index (χ0n) is 12.9. The second kappa shape index (κ2) is 6.55. The molecule has 6 heteroatoms. The molecule has 1 N–H and O–H groups in total. The summed E-state index contributed by atoms with van der Waals surface area (Å²) >= 11 is 1.77. The first-order chi connectivity index (χ1) is 9.37. The molecule has 118 valence electrons. The molecule has 0 aromatic heterocycles. The molecular weight excluding hydrogens is 292 g/mol. The smallest absolute Gasteiger partial charge is 0.166 e. The van der Waals surface area contributed by atoms with E-state index in [1.54, 1.807) is 18.7 Å². The topological polar surface area (TPSA) is 49.4 Å². The molecule has 0 radical (unpaired) electrons. The van der Waals surface area contributed by atoms with Gasteiger partial charge in [0, 0.05) is 36.4 Å². The van der Waals surface area contributed by atoms with Crippen LogP contribution in [0.4, 0.5) is 0 Å². The largest absolute Gasteiger partial charge is 0.312 e. The van der Waals surface area contributed by atoms with Crippen LogP contribution < -0.4 is 5.32 Å². The average Bonchev–Trinajstić information content (AvgIpc) is 2.41. The van der Waals surface area contributed by atoms with Crippen LogP contribution in [-0.4, -0.2) is 61.6 Å². The van der Waals surface area contributed by atoms with E-state index in [0.29, 0.717) is 6.04 Å². The van der Waals surface area contributed by atoms with Crippen molar-refractivity contribution in [3.05, 3.63) is 0 Å². The molecule has 2 aliphatic heterocycles. The highest BCUT2D eigenvalue weighted by molar-refractivity contribution is 8.01. The van der Waals surface area contributed by atoms with E-state index in [-0.39, 0.29) is 16.5 Å². The summed E-state index contributed by atoms with van der Waals surface area (Å²) in [6, 6.07) is 0.397. The fourth-order valence-corrected chi connectivity index (χ4v) is 6.26. The van der Waals surface area contributed by atoms with Crippen LogP contribution in [0.15, 0.2) is 0 Å². The summed E-state index contributed by atoms with van der Waals surface area (Å²) in [6.45, 7) is 9.16. The molecule has 0 aromatic carbocycles. The lowest BCUT2D eigenvalue weighted by molar-refractivity contribution is 0.124. The monoisotopic (exact) mass is 320 g/mol. The first-order valence-electron chi connectivity index (χ1n) is 7.63. The summed E-state index contributed by atoms with van der Waals surface area (Å²) in [4.78, 5) is 2.21. The van der Waals surface area contributed by atoms with E-state index in [4.69, 9.17) is 0 Å². The van der Waals surface area contributed by atoms with Crippen molar-refractivity contribution in [2.24, 2.45) is 5.41 Å². The molecule has 0 saturated carbocycles. The summed E-state index contributed by atoms with van der Waals surface area (Å²) in [5, 5.41) is 3.32. The van der Waals surface area contributed by atoms with Crippen LogP contribution in [0.5, 0.6) is 0 Å². The van der Waals surface area contributed by atoms with E-state index < -0.39 is 9.84 Å². The van der Waals surface area contributed by atoms with Crippen LogP contribution in [0.1, 0.15) is 33.6 Å². The van der Waals surface area contributed by atoms with Crippen molar-refractivity contribution in [2.75, 3.05) is 36.9 Å². The molecule has 0 bridgehead atoms. The summed E-state index contributed by atoms with van der Waals surface area (Å²) in [5.74, 6) is 2.02. The Morgan fingerprint density at radius 2 is 2.15 bits per heavy atom. The predicted molar refractivity (Wildman–Crippen MR) is 87.0 cm³/mol. The lowest BCUT2D eigenvalue weighted by atomic mass is 9.77. The Labute approximate surface area is 128 Å². The summed E-state index contributed by atoms with van der Waals surface area (Å²) in [6.07, 6.45) is 2.44. The van der Waals surface area contributed by atoms with Crippen LogP contribution in [-0.2, 0) is 9.84 Å². The van der Waals surface area contributed by atoms with Gasteiger partial charge in [-0.3, -0.25) is 4.90 Å². The lowest BCUT2D eigenvalue weighted by Crippen LogP contribution is -2.57. The molecule has 0 aliphatic carbocycles. The highest BCUT2D eigenvalue weighted by atomic mass is 32.2. The molecule has 0 aromatic rings. The molecular formula is C14H28N2O2S2. The fourth-order valence-electron chi connectivity index (χ4n) is 3.16. The molecule has 0 spiro atoms. The van der Waals surface area contributed by atoms with Crippen LogP contribution >= 0.6 is 11.8 Å². The Morgan fingerprint density at radius 1 is 1.40 bits per heavy atom. The Kier molecular flexibility index (Phi) is 5.43. The number of hydrogen-bond acceptors (Lipinski definition) is 5. The van der Waals surface area contributed by atoms with Crippen molar-refractivity contribution in [1.29, 1.82) is 0 Å². The summed E-state index contributed by atoms with van der Waals surface area (Å²) in [5.41, 5.74) is 0.253. The third-order valence-corrected chi connectivity index (χ3v) is 8.09. The predicted octanol–water partition coefficient (Wildman–Crippen LogP) is 1.57. The Morgan fingerprint density at radius 3 is 2.80 bits per heavy atom. The highest BCUT2D eigenvalue weighted by Crippen LogP contribution is 2.32. The minimum Gasteiger partial charge on any atom is -0.312 e. The normalized spacial score (nSPS) is 32.1. The van der Waals surface area contributed by atoms with E-state index in [1.807, 2.05) is 0 Å². The zero-order valence-corrected chi connectivity index (χ0v) is 14.5. The maximum atomic E-state index is 12.3. The van der Waals surface area contributed by atoms with Gasteiger partial charge < -0.3 is 5.32 Å². The maximum Gasteiger partial charge on any atom is 0.166 e. The van der Waals surface area contributed by atoms with Gasteiger partial charge in [0.2, 0.25) is 0 Å². The van der Waals surface area contributed by atoms with Gasteiger partial charge >= 0.3 is 0 Å². The third-order valence-electron chi connectivity index (χ3n) is 4.76. The average molecular weight is 321 g/mol. The van der Waals surface area contributed by atoms with Crippen molar-refractivity contribution in [2.45, 2.75) is 45.0 Å². The van der Waals surface area contributed by atoms with E-state index in [1.165, 1.54) is 12.8 Å². The zero-order chi connectivity index (χ0) is 14.8. The van der Waals surface area contributed by atoms with Crippen molar-refractivity contribution in [3.8, 4) is 0 Å². The van der Waals surface area contributed by atoms with Crippen molar-refractivity contribution in [1.82, 2.24) is 10.2 Å². The number of nitrogens with zero attached hydrogens (tertiary/aromatic N) is 1. The summed E-state index contributed by atoms with van der Waals surface area (Å²) in [7, 11) is -2.98. The molecule has 2 aliphatic rings. The minimum absolute atomic E-state index is 0.246. The Hall–Kier alpha value is 0.220. The lowest BCUT2D eigenvalue weighted by Gasteiger charge is -2.44. The van der Waals surface area contributed by atoms with Gasteiger partial charge in [0.1, 0.15) is 5.37 Å². The van der Waals surface area contributed by atoms with Gasteiger partial charge in [0.05, 0.1) is 0 Å². The molecule has 2 fully saturated rings. The summed E-state index contributed by atoms with van der Waals surface area (Å²) < 4.78 is 24.6. The van der Waals surface area contributed by atoms with E-state index in [2.05, 4.69) is 24.1 Å². The second-order valence-electron chi connectivity index (χ2n) is 6.57. The molecule has 2 rings (SSSR count). The van der Waals surface area contributed by atoms with Gasteiger partial charge in [-0.15, -0.1) is 0 Å². The molecule has 2 atom stereocenters. The maximum absolute atomic E-state index is 12.3. The number of rotatable bonds is 4. The van der Waals surface area contributed by atoms with Gasteiger partial charge in [-0.2, -0.15) is 11.8 Å². The second-order valence-corrected chi connectivity index (χ2v) is 10.2. The molecule has 2 unspecified atom stereocenters. The van der Waals surface area contributed by atoms with Gasteiger partial charge in [-0.1, -0.05) is 20.8 Å². The van der Waals surface area contributed by atoms with Gasteiger partial charge in [0.15, 0.2) is 9.84 Å². The highest BCUT2D eigenvalue weighted by Gasteiger charge is 2.38. The van der Waals surface area contributed by atoms with E-state index >= 15 is 0 Å². The standard InChI is InChI=1S/C14H28N2O2S2/c1-4-20(17,18)13-11-19-9-8-16(13)10-12-14(2,3)6-5-7-15-12/h12-13,15H,4-11H2,1-3H3. The van der Waals surface area contributed by atoms with Crippen molar-refractivity contribution < 1.29 is 8.42 Å². The quantitative estimate of drug-likeness (QED) is 0.852. The Bertz CT molecular complexity index is 423. The van der Waals surface area contributed by atoms with Gasteiger partial charge in [-0.25, -0.2) is 8.42 Å². The van der Waals surface area contributed by atoms with Crippen LogP contribution in [0.25, 0.3) is 0 Å². The molecule has 2 saturated heterocycles. The molecule has 2 heterocycles. The van der Waals surface area contributed by atoms with Gasteiger partial charge in [-0.05, 0) is 24.8 Å². The minimum atomic E-state index is -2.98. The van der Waals surface area contributed by atoms with Crippen LogP contribution in [0.3, 0.4) is 0 Å². The van der Waals surface area contributed by atoms with Crippen molar-refractivity contribution >= 4 is 21.6 Å². The number of nitrogens with one attached hydrogen (secondary N) is 1. The SMILES string of the molecule is CCS(=O)(=O)C1CSCCN1CC1NCCCC1(C)C. The molecule has 20 heavy (non-hydrogen) atoms. The number of thioether (sulfide) groups is 1. The van der Waals surface area contributed by atoms with E-state index in [0.717, 1.165) is 31.1 Å². The number of piperidine rings is 1. The van der Waals surface area contributed by atoms with E-state index in [9.17, 15) is 8.42 Å². The number of hydrogen-bond donors (Lipinski definition) is 1. The van der Waals surface area contributed by atoms with Gasteiger partial charge in [0.25, 0.3) is 0 Å². The Balaban J connectivity index is 2.09. The van der Waals surface area contributed by atoms with Crippen molar-refractivity contribution in [3.63, 3.8) is 0 Å².